The Labute approximate surface area is 121 Å². The molecule has 0 aliphatic carbocycles. The highest BCUT2D eigenvalue weighted by atomic mass is 19.1. The lowest BCUT2D eigenvalue weighted by Crippen LogP contribution is -2.28. The molecule has 3 nitrogen and oxygen atoms in total. The Morgan fingerprint density at radius 1 is 1.35 bits per heavy atom. The molecule has 0 radical (unpaired) electrons. The molecule has 1 aromatic rings. The number of rotatable bonds is 7. The van der Waals surface area contributed by atoms with Gasteiger partial charge in [0.1, 0.15) is 5.82 Å². The van der Waals surface area contributed by atoms with E-state index in [-0.39, 0.29) is 17.8 Å². The van der Waals surface area contributed by atoms with Crippen LogP contribution in [0.2, 0.25) is 0 Å². The van der Waals surface area contributed by atoms with Crippen molar-refractivity contribution >= 4 is 5.69 Å². The number of halogens is 1. The van der Waals surface area contributed by atoms with Crippen molar-refractivity contribution in [2.75, 3.05) is 24.5 Å². The van der Waals surface area contributed by atoms with E-state index in [1.165, 1.54) is 0 Å². The van der Waals surface area contributed by atoms with Gasteiger partial charge in [0.05, 0.1) is 17.7 Å². The number of hydrogen-bond acceptors (Lipinski definition) is 3. The van der Waals surface area contributed by atoms with E-state index in [0.29, 0.717) is 18.8 Å². The van der Waals surface area contributed by atoms with Crippen molar-refractivity contribution in [3.63, 3.8) is 0 Å². The van der Waals surface area contributed by atoms with E-state index < -0.39 is 0 Å². The molecule has 0 saturated heterocycles. The van der Waals surface area contributed by atoms with Gasteiger partial charge < -0.3 is 10.2 Å². The van der Waals surface area contributed by atoms with Crippen LogP contribution < -0.4 is 10.2 Å². The summed E-state index contributed by atoms with van der Waals surface area (Å²) >= 11 is 0. The van der Waals surface area contributed by atoms with Crippen molar-refractivity contribution in [1.82, 2.24) is 5.32 Å². The van der Waals surface area contributed by atoms with Gasteiger partial charge in [0, 0.05) is 19.1 Å². The molecule has 1 N–H and O–H groups in total. The second-order valence-electron chi connectivity index (χ2n) is 5.06. The van der Waals surface area contributed by atoms with E-state index >= 15 is 0 Å². The fourth-order valence-corrected chi connectivity index (χ4v) is 2.24. The normalized spacial score (nSPS) is 13.6. The minimum absolute atomic E-state index is 0.116. The molecule has 0 amide bonds. The first kappa shape index (κ1) is 16.5. The largest absolute Gasteiger partial charge is 0.368 e. The maximum absolute atomic E-state index is 14.3. The topological polar surface area (TPSA) is 39.1 Å². The predicted molar refractivity (Wildman–Crippen MR) is 81.2 cm³/mol. The summed E-state index contributed by atoms with van der Waals surface area (Å²) in [4.78, 5) is 1.91. The highest BCUT2D eigenvalue weighted by Crippen LogP contribution is 2.24. The molecule has 4 heteroatoms. The van der Waals surface area contributed by atoms with Gasteiger partial charge in [-0.3, -0.25) is 0 Å². The van der Waals surface area contributed by atoms with Crippen molar-refractivity contribution in [1.29, 1.82) is 5.26 Å². The molecule has 0 aliphatic rings. The molecule has 1 rings (SSSR count). The molecule has 1 aromatic carbocycles. The Balaban J connectivity index is 2.93. The number of hydrogen-bond donors (Lipinski definition) is 1. The standard InChI is InChI=1S/C16H24FN3/c1-5-19-13(4)14-7-8-16(15(17)9-14)20(6-2)11-12(3)10-18/h7-9,12-13,19H,5-6,11H2,1-4H3. The van der Waals surface area contributed by atoms with Crippen molar-refractivity contribution in [2.24, 2.45) is 5.92 Å². The zero-order valence-corrected chi connectivity index (χ0v) is 12.8. The van der Waals surface area contributed by atoms with Gasteiger partial charge in [-0.25, -0.2) is 4.39 Å². The smallest absolute Gasteiger partial charge is 0.146 e. The zero-order valence-electron chi connectivity index (χ0n) is 12.8. The quantitative estimate of drug-likeness (QED) is 0.829. The van der Waals surface area contributed by atoms with Crippen molar-refractivity contribution in [2.45, 2.75) is 33.7 Å². The van der Waals surface area contributed by atoms with Crippen LogP contribution in [0, 0.1) is 23.1 Å². The van der Waals surface area contributed by atoms with Crippen LogP contribution in [0.5, 0.6) is 0 Å². The summed E-state index contributed by atoms with van der Waals surface area (Å²) < 4.78 is 14.3. The van der Waals surface area contributed by atoms with E-state index in [4.69, 9.17) is 5.26 Å². The predicted octanol–water partition coefficient (Wildman–Crippen LogP) is 3.48. The van der Waals surface area contributed by atoms with Crippen LogP contribution in [-0.2, 0) is 0 Å². The Hall–Kier alpha value is -1.60. The average molecular weight is 277 g/mol. The summed E-state index contributed by atoms with van der Waals surface area (Å²) in [6.07, 6.45) is 0. The van der Waals surface area contributed by atoms with Gasteiger partial charge in [-0.1, -0.05) is 13.0 Å². The Kier molecular flexibility index (Phi) is 6.47. The number of anilines is 1. The van der Waals surface area contributed by atoms with Gasteiger partial charge in [-0.2, -0.15) is 5.26 Å². The van der Waals surface area contributed by atoms with E-state index in [1.54, 1.807) is 6.07 Å². The van der Waals surface area contributed by atoms with E-state index in [0.717, 1.165) is 12.1 Å². The van der Waals surface area contributed by atoms with Gasteiger partial charge in [-0.15, -0.1) is 0 Å². The third-order valence-electron chi connectivity index (χ3n) is 3.42. The zero-order chi connectivity index (χ0) is 15.1. The van der Waals surface area contributed by atoms with Gasteiger partial charge in [0.2, 0.25) is 0 Å². The minimum atomic E-state index is -0.223. The van der Waals surface area contributed by atoms with E-state index in [1.807, 2.05) is 44.7 Å². The SMILES string of the molecule is CCNC(C)c1ccc(N(CC)CC(C)C#N)c(F)c1. The maximum Gasteiger partial charge on any atom is 0.146 e. The van der Waals surface area contributed by atoms with Gasteiger partial charge in [0.25, 0.3) is 0 Å². The van der Waals surface area contributed by atoms with Gasteiger partial charge in [-0.05, 0) is 45.0 Å². The summed E-state index contributed by atoms with van der Waals surface area (Å²) in [6.45, 7) is 9.96. The molecule has 20 heavy (non-hydrogen) atoms. The molecular weight excluding hydrogens is 253 g/mol. The maximum atomic E-state index is 14.3. The molecule has 0 aromatic heterocycles. The third kappa shape index (κ3) is 4.21. The van der Waals surface area contributed by atoms with Crippen LogP contribution in [0.15, 0.2) is 18.2 Å². The van der Waals surface area contributed by atoms with Gasteiger partial charge >= 0.3 is 0 Å². The van der Waals surface area contributed by atoms with Crippen LogP contribution in [0.25, 0.3) is 0 Å². The molecule has 0 spiro atoms. The van der Waals surface area contributed by atoms with Crippen LogP contribution in [0.4, 0.5) is 10.1 Å². The third-order valence-corrected chi connectivity index (χ3v) is 3.42. The van der Waals surface area contributed by atoms with Gasteiger partial charge in [0.15, 0.2) is 0 Å². The Morgan fingerprint density at radius 2 is 2.05 bits per heavy atom. The first-order chi connectivity index (χ1) is 9.53. The lowest BCUT2D eigenvalue weighted by molar-refractivity contribution is 0.577. The molecule has 0 bridgehead atoms. The molecule has 0 fully saturated rings. The number of nitriles is 1. The monoisotopic (exact) mass is 277 g/mol. The molecule has 0 heterocycles. The molecule has 2 atom stereocenters. The molecule has 110 valence electrons. The summed E-state index contributed by atoms with van der Waals surface area (Å²) in [7, 11) is 0. The van der Waals surface area contributed by atoms with Crippen molar-refractivity contribution in [3.8, 4) is 6.07 Å². The van der Waals surface area contributed by atoms with Crippen molar-refractivity contribution < 1.29 is 4.39 Å². The summed E-state index contributed by atoms with van der Waals surface area (Å²) in [5, 5.41) is 12.2. The summed E-state index contributed by atoms with van der Waals surface area (Å²) in [5.41, 5.74) is 1.51. The van der Waals surface area contributed by atoms with Crippen LogP contribution in [0.1, 0.15) is 39.3 Å². The van der Waals surface area contributed by atoms with E-state index in [2.05, 4.69) is 11.4 Å². The Bertz CT molecular complexity index is 467. The molecule has 2 unspecified atom stereocenters. The summed E-state index contributed by atoms with van der Waals surface area (Å²) in [5.74, 6) is -0.339. The van der Waals surface area contributed by atoms with E-state index in [9.17, 15) is 4.39 Å². The van der Waals surface area contributed by atoms with Crippen LogP contribution in [-0.4, -0.2) is 19.6 Å². The summed E-state index contributed by atoms with van der Waals surface area (Å²) in [6, 6.07) is 7.67. The highest BCUT2D eigenvalue weighted by Gasteiger charge is 2.15. The second-order valence-corrected chi connectivity index (χ2v) is 5.06. The van der Waals surface area contributed by atoms with Crippen LogP contribution >= 0.6 is 0 Å². The fourth-order valence-electron chi connectivity index (χ4n) is 2.24. The molecule has 0 aliphatic heterocycles. The average Bonchev–Trinajstić information content (AvgIpc) is 2.45. The number of nitrogens with one attached hydrogen (secondary N) is 1. The number of nitrogens with zero attached hydrogens (tertiary/aromatic N) is 2. The lowest BCUT2D eigenvalue weighted by atomic mass is 10.1. The lowest BCUT2D eigenvalue weighted by Gasteiger charge is -2.25. The minimum Gasteiger partial charge on any atom is -0.368 e. The fraction of sp³-hybridized carbons (Fsp3) is 0.562. The van der Waals surface area contributed by atoms with Crippen molar-refractivity contribution in [3.05, 3.63) is 29.6 Å². The number of benzene rings is 1. The molecular formula is C16H24FN3. The highest BCUT2D eigenvalue weighted by molar-refractivity contribution is 5.49. The second kappa shape index (κ2) is 7.86. The first-order valence-corrected chi connectivity index (χ1v) is 7.20. The first-order valence-electron chi connectivity index (χ1n) is 7.20. The Morgan fingerprint density at radius 3 is 2.55 bits per heavy atom. The molecule has 0 saturated carbocycles. The van der Waals surface area contributed by atoms with Crippen LogP contribution in [0.3, 0.4) is 0 Å².